The highest BCUT2D eigenvalue weighted by Gasteiger charge is 2.09. The molecule has 0 heterocycles. The zero-order valence-corrected chi connectivity index (χ0v) is 7.26. The Morgan fingerprint density at radius 2 is 2.08 bits per heavy atom. The van der Waals surface area contributed by atoms with Gasteiger partial charge in [-0.05, 0) is 17.5 Å². The van der Waals surface area contributed by atoms with Crippen LogP contribution >= 0.6 is 0 Å². The van der Waals surface area contributed by atoms with Crippen molar-refractivity contribution in [3.63, 3.8) is 0 Å². The molecule has 0 bridgehead atoms. The van der Waals surface area contributed by atoms with E-state index in [1.54, 1.807) is 6.07 Å². The van der Waals surface area contributed by atoms with Gasteiger partial charge in [0.05, 0.1) is 0 Å². The molecule has 1 aromatic carbocycles. The summed E-state index contributed by atoms with van der Waals surface area (Å²) in [5.41, 5.74) is 7.04. The first-order valence-electron chi connectivity index (χ1n) is 4.21. The van der Waals surface area contributed by atoms with E-state index < -0.39 is 6.17 Å². The number of rotatable bonds is 3. The smallest absolute Gasteiger partial charge is 0.138 e. The number of halogens is 1. The quantitative estimate of drug-likeness (QED) is 0.734. The van der Waals surface area contributed by atoms with Crippen molar-refractivity contribution in [2.24, 2.45) is 5.73 Å². The van der Waals surface area contributed by atoms with Crippen LogP contribution in [0.2, 0.25) is 0 Å². The number of benzene rings is 1. The summed E-state index contributed by atoms with van der Waals surface area (Å²) in [6.45, 7) is 2.08. The van der Waals surface area contributed by atoms with E-state index in [9.17, 15) is 4.39 Å². The Kier molecular flexibility index (Phi) is 3.23. The molecule has 2 N–H and O–H groups in total. The van der Waals surface area contributed by atoms with E-state index in [0.717, 1.165) is 17.5 Å². The minimum Gasteiger partial charge on any atom is -0.327 e. The van der Waals surface area contributed by atoms with Crippen LogP contribution in [0.3, 0.4) is 0 Å². The lowest BCUT2D eigenvalue weighted by molar-refractivity contribution is 0.351. The zero-order chi connectivity index (χ0) is 8.97. The second kappa shape index (κ2) is 4.21. The van der Waals surface area contributed by atoms with Crippen LogP contribution in [0.25, 0.3) is 0 Å². The molecule has 0 aliphatic heterocycles. The molecule has 0 amide bonds. The van der Waals surface area contributed by atoms with Gasteiger partial charge >= 0.3 is 0 Å². The van der Waals surface area contributed by atoms with Crippen LogP contribution in [0, 0.1) is 0 Å². The molecule has 1 rings (SSSR count). The second-order valence-electron chi connectivity index (χ2n) is 2.76. The molecule has 0 radical (unpaired) electrons. The summed E-state index contributed by atoms with van der Waals surface area (Å²) in [7, 11) is 0. The molecule has 2 heteroatoms. The fourth-order valence-electron chi connectivity index (χ4n) is 1.29. The molecule has 0 saturated carbocycles. The lowest BCUT2D eigenvalue weighted by Gasteiger charge is -2.09. The van der Waals surface area contributed by atoms with Crippen LogP contribution < -0.4 is 5.73 Å². The summed E-state index contributed by atoms with van der Waals surface area (Å²) in [5, 5.41) is 0. The predicted octanol–water partition coefficient (Wildman–Crippen LogP) is 2.22. The third-order valence-corrected chi connectivity index (χ3v) is 1.98. The van der Waals surface area contributed by atoms with Crippen LogP contribution in [0.1, 0.15) is 24.2 Å². The van der Waals surface area contributed by atoms with Gasteiger partial charge in [0.15, 0.2) is 0 Å². The van der Waals surface area contributed by atoms with E-state index in [-0.39, 0.29) is 6.54 Å². The molecule has 12 heavy (non-hydrogen) atoms. The van der Waals surface area contributed by atoms with Gasteiger partial charge in [-0.15, -0.1) is 0 Å². The van der Waals surface area contributed by atoms with Crippen molar-refractivity contribution in [3.05, 3.63) is 35.4 Å². The van der Waals surface area contributed by atoms with Crippen molar-refractivity contribution in [2.45, 2.75) is 19.5 Å². The van der Waals surface area contributed by atoms with Crippen molar-refractivity contribution >= 4 is 0 Å². The Morgan fingerprint density at radius 3 is 2.67 bits per heavy atom. The van der Waals surface area contributed by atoms with Crippen LogP contribution in [-0.2, 0) is 6.42 Å². The average Bonchev–Trinajstić information content (AvgIpc) is 2.16. The lowest BCUT2D eigenvalue weighted by atomic mass is 10.0. The SMILES string of the molecule is CCc1ccccc1C(F)CN. The van der Waals surface area contributed by atoms with Gasteiger partial charge < -0.3 is 5.73 Å². The molecule has 0 saturated heterocycles. The molecule has 0 aromatic heterocycles. The van der Waals surface area contributed by atoms with Crippen molar-refractivity contribution in [2.75, 3.05) is 6.54 Å². The van der Waals surface area contributed by atoms with E-state index >= 15 is 0 Å². The fourth-order valence-corrected chi connectivity index (χ4v) is 1.29. The molecule has 66 valence electrons. The standard InChI is InChI=1S/C10H14FN/c1-2-8-5-3-4-6-9(8)10(11)7-12/h3-6,10H,2,7,12H2,1H3. The number of hydrogen-bond donors (Lipinski definition) is 1. The van der Waals surface area contributed by atoms with Crippen molar-refractivity contribution in [1.29, 1.82) is 0 Å². The van der Waals surface area contributed by atoms with Gasteiger partial charge in [-0.1, -0.05) is 31.2 Å². The molecular formula is C10H14FN. The summed E-state index contributed by atoms with van der Waals surface area (Å²) >= 11 is 0. The minimum absolute atomic E-state index is 0.0665. The molecule has 1 unspecified atom stereocenters. The summed E-state index contributed by atoms with van der Waals surface area (Å²) in [4.78, 5) is 0. The maximum atomic E-state index is 13.2. The summed E-state index contributed by atoms with van der Waals surface area (Å²) < 4.78 is 13.2. The Labute approximate surface area is 72.4 Å². The minimum atomic E-state index is -1.01. The first-order chi connectivity index (χ1) is 5.79. The Hall–Kier alpha value is -0.890. The van der Waals surface area contributed by atoms with Gasteiger partial charge in [-0.3, -0.25) is 0 Å². The zero-order valence-electron chi connectivity index (χ0n) is 7.26. The van der Waals surface area contributed by atoms with Gasteiger partial charge in [0.1, 0.15) is 6.17 Å². The fraction of sp³-hybridized carbons (Fsp3) is 0.400. The van der Waals surface area contributed by atoms with Crippen LogP contribution in [-0.4, -0.2) is 6.54 Å². The van der Waals surface area contributed by atoms with Crippen LogP contribution in [0.4, 0.5) is 4.39 Å². The van der Waals surface area contributed by atoms with Gasteiger partial charge in [0, 0.05) is 6.54 Å². The normalized spacial score (nSPS) is 12.9. The third-order valence-electron chi connectivity index (χ3n) is 1.98. The van der Waals surface area contributed by atoms with Crippen LogP contribution in [0.5, 0.6) is 0 Å². The maximum absolute atomic E-state index is 13.2. The highest BCUT2D eigenvalue weighted by Crippen LogP contribution is 2.20. The van der Waals surface area contributed by atoms with Crippen molar-refractivity contribution in [3.8, 4) is 0 Å². The molecule has 1 aromatic rings. The first-order valence-corrected chi connectivity index (χ1v) is 4.21. The molecular weight excluding hydrogens is 153 g/mol. The monoisotopic (exact) mass is 167 g/mol. The highest BCUT2D eigenvalue weighted by molar-refractivity contribution is 5.29. The van der Waals surface area contributed by atoms with E-state index in [4.69, 9.17) is 5.73 Å². The van der Waals surface area contributed by atoms with Gasteiger partial charge in [0.2, 0.25) is 0 Å². The van der Waals surface area contributed by atoms with Crippen LogP contribution in [0.15, 0.2) is 24.3 Å². The Bertz CT molecular complexity index is 247. The number of alkyl halides is 1. The van der Waals surface area contributed by atoms with Crippen molar-refractivity contribution < 1.29 is 4.39 Å². The maximum Gasteiger partial charge on any atom is 0.138 e. The van der Waals surface area contributed by atoms with Gasteiger partial charge in [-0.2, -0.15) is 0 Å². The van der Waals surface area contributed by atoms with Crippen molar-refractivity contribution in [1.82, 2.24) is 0 Å². The highest BCUT2D eigenvalue weighted by atomic mass is 19.1. The Morgan fingerprint density at radius 1 is 1.42 bits per heavy atom. The predicted molar refractivity (Wildman–Crippen MR) is 48.7 cm³/mol. The van der Waals surface area contributed by atoms with Gasteiger partial charge in [0.25, 0.3) is 0 Å². The Balaban J connectivity index is 2.96. The molecule has 0 spiro atoms. The number of aryl methyl sites for hydroxylation is 1. The molecule has 1 atom stereocenters. The van der Waals surface area contributed by atoms with E-state index in [1.165, 1.54) is 0 Å². The number of hydrogen-bond acceptors (Lipinski definition) is 1. The molecule has 0 aliphatic rings. The first kappa shape index (κ1) is 9.20. The second-order valence-corrected chi connectivity index (χ2v) is 2.76. The van der Waals surface area contributed by atoms with E-state index in [1.807, 2.05) is 25.1 Å². The molecule has 1 nitrogen and oxygen atoms in total. The van der Waals surface area contributed by atoms with E-state index in [0.29, 0.717) is 0 Å². The average molecular weight is 167 g/mol. The lowest BCUT2D eigenvalue weighted by Crippen LogP contribution is -2.09. The largest absolute Gasteiger partial charge is 0.327 e. The summed E-state index contributed by atoms with van der Waals surface area (Å²) in [6, 6.07) is 7.51. The number of nitrogens with two attached hydrogens (primary N) is 1. The van der Waals surface area contributed by atoms with Gasteiger partial charge in [-0.25, -0.2) is 4.39 Å². The molecule has 0 aliphatic carbocycles. The third kappa shape index (κ3) is 1.83. The summed E-state index contributed by atoms with van der Waals surface area (Å²) in [5.74, 6) is 0. The topological polar surface area (TPSA) is 26.0 Å². The molecule has 0 fully saturated rings. The van der Waals surface area contributed by atoms with E-state index in [2.05, 4.69) is 0 Å². The summed E-state index contributed by atoms with van der Waals surface area (Å²) in [6.07, 6.45) is -0.155.